The second-order valence-electron chi connectivity index (χ2n) is 5.66. The molecule has 2 aromatic carbocycles. The van der Waals surface area contributed by atoms with Crippen molar-refractivity contribution in [2.45, 2.75) is 18.2 Å². The Morgan fingerprint density at radius 1 is 1.19 bits per heavy atom. The predicted octanol–water partition coefficient (Wildman–Crippen LogP) is 2.81. The molecule has 0 bridgehead atoms. The molecule has 0 spiro atoms. The highest BCUT2D eigenvalue weighted by Gasteiger charge is 2.32. The van der Waals surface area contributed by atoms with Crippen LogP contribution in [-0.4, -0.2) is 29.3 Å². The summed E-state index contributed by atoms with van der Waals surface area (Å²) in [5, 5.41) is 5.58. The lowest BCUT2D eigenvalue weighted by molar-refractivity contribution is -0.122. The van der Waals surface area contributed by atoms with Crippen LogP contribution in [-0.2, 0) is 16.1 Å². The van der Waals surface area contributed by atoms with E-state index < -0.39 is 5.25 Å². The summed E-state index contributed by atoms with van der Waals surface area (Å²) < 4.78 is 5.21. The van der Waals surface area contributed by atoms with Crippen LogP contribution in [0.25, 0.3) is 0 Å². The molecule has 1 heterocycles. The van der Waals surface area contributed by atoms with E-state index in [1.54, 1.807) is 19.2 Å². The van der Waals surface area contributed by atoms with Crippen LogP contribution in [0.15, 0.2) is 59.6 Å². The van der Waals surface area contributed by atoms with Crippen molar-refractivity contribution in [3.63, 3.8) is 0 Å². The van der Waals surface area contributed by atoms with Crippen LogP contribution in [0.1, 0.15) is 12.0 Å². The first kappa shape index (κ1) is 18.0. The molecule has 0 radical (unpaired) electrons. The van der Waals surface area contributed by atoms with E-state index in [0.29, 0.717) is 23.1 Å². The number of nitrogens with zero attached hydrogens (tertiary/aromatic N) is 1. The van der Waals surface area contributed by atoms with Gasteiger partial charge in [0.15, 0.2) is 5.17 Å². The van der Waals surface area contributed by atoms with E-state index in [-0.39, 0.29) is 18.2 Å². The van der Waals surface area contributed by atoms with Gasteiger partial charge in [0.1, 0.15) is 11.0 Å². The Balaban J connectivity index is 1.56. The number of amides is 2. The van der Waals surface area contributed by atoms with E-state index in [2.05, 4.69) is 15.6 Å². The van der Waals surface area contributed by atoms with Crippen molar-refractivity contribution in [3.8, 4) is 5.75 Å². The maximum absolute atomic E-state index is 12.3. The number of hydrogen-bond donors (Lipinski definition) is 2. The van der Waals surface area contributed by atoms with Gasteiger partial charge in [0.2, 0.25) is 11.8 Å². The number of anilines is 1. The number of aliphatic imine (C=N–C) groups is 1. The molecule has 6 nitrogen and oxygen atoms in total. The molecular formula is C19H19N3O3S. The highest BCUT2D eigenvalue weighted by Crippen LogP contribution is 2.26. The largest absolute Gasteiger partial charge is 0.495 e. The van der Waals surface area contributed by atoms with E-state index in [9.17, 15) is 9.59 Å². The van der Waals surface area contributed by atoms with Crippen LogP contribution < -0.4 is 15.4 Å². The van der Waals surface area contributed by atoms with Gasteiger partial charge in [-0.2, -0.15) is 0 Å². The minimum Gasteiger partial charge on any atom is -0.495 e. The Kier molecular flexibility index (Phi) is 5.91. The van der Waals surface area contributed by atoms with E-state index in [1.807, 2.05) is 42.5 Å². The van der Waals surface area contributed by atoms with E-state index in [0.717, 1.165) is 5.56 Å². The summed E-state index contributed by atoms with van der Waals surface area (Å²) in [6.07, 6.45) is 0.0684. The lowest BCUT2D eigenvalue weighted by Gasteiger charge is -2.10. The summed E-state index contributed by atoms with van der Waals surface area (Å²) in [6, 6.07) is 16.9. The molecule has 7 heteroatoms. The molecule has 1 fully saturated rings. The van der Waals surface area contributed by atoms with Crippen molar-refractivity contribution in [3.05, 3.63) is 60.2 Å². The highest BCUT2D eigenvalue weighted by atomic mass is 32.2. The van der Waals surface area contributed by atoms with E-state index in [4.69, 9.17) is 4.74 Å². The number of thioether (sulfide) groups is 1. The van der Waals surface area contributed by atoms with Crippen molar-refractivity contribution in [2.24, 2.45) is 4.99 Å². The topological polar surface area (TPSA) is 79.8 Å². The maximum Gasteiger partial charge on any atom is 0.240 e. The average Bonchev–Trinajstić information content (AvgIpc) is 3.00. The monoisotopic (exact) mass is 369 g/mol. The van der Waals surface area contributed by atoms with Crippen LogP contribution in [0.3, 0.4) is 0 Å². The smallest absolute Gasteiger partial charge is 0.240 e. The van der Waals surface area contributed by atoms with Gasteiger partial charge in [-0.15, -0.1) is 0 Å². The summed E-state index contributed by atoms with van der Waals surface area (Å²) in [4.78, 5) is 28.8. The molecule has 2 aromatic rings. The number of para-hydroxylation sites is 2. The fourth-order valence-corrected chi connectivity index (χ4v) is 3.45. The van der Waals surface area contributed by atoms with Gasteiger partial charge < -0.3 is 15.4 Å². The molecule has 3 rings (SSSR count). The quantitative estimate of drug-likeness (QED) is 0.821. The van der Waals surface area contributed by atoms with E-state index >= 15 is 0 Å². The van der Waals surface area contributed by atoms with Crippen molar-refractivity contribution in [1.29, 1.82) is 0 Å². The Morgan fingerprint density at radius 2 is 1.92 bits per heavy atom. The Hall–Kier alpha value is -2.80. The number of rotatable bonds is 6. The Labute approximate surface area is 156 Å². The number of amidine groups is 1. The van der Waals surface area contributed by atoms with Gasteiger partial charge >= 0.3 is 0 Å². The SMILES string of the molecule is COc1ccccc1NC(=O)C[C@@H]1SC(=NCc2ccccc2)NC1=O. The molecule has 2 amide bonds. The van der Waals surface area contributed by atoms with Crippen molar-refractivity contribution in [2.75, 3.05) is 12.4 Å². The van der Waals surface area contributed by atoms with Crippen LogP contribution in [0.5, 0.6) is 5.75 Å². The van der Waals surface area contributed by atoms with Gasteiger partial charge in [0.05, 0.1) is 19.3 Å². The summed E-state index contributed by atoms with van der Waals surface area (Å²) in [6.45, 7) is 0.490. The van der Waals surface area contributed by atoms with Crippen molar-refractivity contribution >= 4 is 34.4 Å². The number of carbonyl (C=O) groups is 2. The number of hydrogen-bond acceptors (Lipinski definition) is 5. The summed E-state index contributed by atoms with van der Waals surface area (Å²) in [5.74, 6) is 0.137. The van der Waals surface area contributed by atoms with Crippen LogP contribution in [0.4, 0.5) is 5.69 Å². The number of carbonyl (C=O) groups excluding carboxylic acids is 2. The second kappa shape index (κ2) is 8.53. The first-order valence-electron chi connectivity index (χ1n) is 8.14. The lowest BCUT2D eigenvalue weighted by Crippen LogP contribution is -2.28. The molecule has 26 heavy (non-hydrogen) atoms. The molecule has 0 aromatic heterocycles. The Bertz CT molecular complexity index is 824. The summed E-state index contributed by atoms with van der Waals surface area (Å²) >= 11 is 1.28. The fourth-order valence-electron chi connectivity index (χ4n) is 2.48. The van der Waals surface area contributed by atoms with Crippen molar-refractivity contribution < 1.29 is 14.3 Å². The Morgan fingerprint density at radius 3 is 2.69 bits per heavy atom. The zero-order valence-corrected chi connectivity index (χ0v) is 15.1. The fraction of sp³-hybridized carbons (Fsp3) is 0.211. The zero-order valence-electron chi connectivity index (χ0n) is 14.3. The number of methoxy groups -OCH3 is 1. The molecule has 1 atom stereocenters. The molecule has 0 unspecified atom stereocenters. The molecule has 0 aliphatic carbocycles. The lowest BCUT2D eigenvalue weighted by atomic mass is 10.2. The first-order valence-corrected chi connectivity index (χ1v) is 9.02. The number of nitrogens with one attached hydrogen (secondary N) is 2. The number of benzene rings is 2. The van der Waals surface area contributed by atoms with Gasteiger partial charge in [-0.05, 0) is 17.7 Å². The standard InChI is InChI=1S/C19H19N3O3S/c1-25-15-10-6-5-9-14(15)21-17(23)11-16-18(24)22-19(26-16)20-12-13-7-3-2-4-8-13/h2-10,16H,11-12H2,1H3,(H,21,23)(H,20,22,24)/t16-/m0/s1. The van der Waals surface area contributed by atoms with Crippen LogP contribution >= 0.6 is 11.8 Å². The minimum absolute atomic E-state index is 0.0684. The highest BCUT2D eigenvalue weighted by molar-refractivity contribution is 8.15. The van der Waals surface area contributed by atoms with E-state index in [1.165, 1.54) is 11.8 Å². The molecule has 2 N–H and O–H groups in total. The maximum atomic E-state index is 12.3. The molecule has 134 valence electrons. The first-order chi connectivity index (χ1) is 12.7. The van der Waals surface area contributed by atoms with Gasteiger partial charge in [0.25, 0.3) is 0 Å². The normalized spacial score (nSPS) is 17.8. The third kappa shape index (κ3) is 4.64. The molecular weight excluding hydrogens is 350 g/mol. The molecule has 0 saturated carbocycles. The summed E-state index contributed by atoms with van der Waals surface area (Å²) in [7, 11) is 1.54. The second-order valence-corrected chi connectivity index (χ2v) is 6.85. The third-order valence-corrected chi connectivity index (χ3v) is 4.90. The zero-order chi connectivity index (χ0) is 18.4. The van der Waals surface area contributed by atoms with Crippen LogP contribution in [0, 0.1) is 0 Å². The molecule has 1 aliphatic rings. The molecule has 1 aliphatic heterocycles. The van der Waals surface area contributed by atoms with Gasteiger partial charge in [0, 0.05) is 6.42 Å². The summed E-state index contributed by atoms with van der Waals surface area (Å²) in [5.41, 5.74) is 1.65. The number of ether oxygens (including phenoxy) is 1. The van der Waals surface area contributed by atoms with Crippen molar-refractivity contribution in [1.82, 2.24) is 5.32 Å². The minimum atomic E-state index is -0.487. The predicted molar refractivity (Wildman–Crippen MR) is 103 cm³/mol. The average molecular weight is 369 g/mol. The van der Waals surface area contributed by atoms with Gasteiger partial charge in [-0.3, -0.25) is 14.6 Å². The third-order valence-electron chi connectivity index (χ3n) is 3.78. The molecule has 1 saturated heterocycles. The van der Waals surface area contributed by atoms with Gasteiger partial charge in [-0.1, -0.05) is 54.2 Å². The van der Waals surface area contributed by atoms with Crippen LogP contribution in [0.2, 0.25) is 0 Å². The van der Waals surface area contributed by atoms with Gasteiger partial charge in [-0.25, -0.2) is 0 Å².